The van der Waals surface area contributed by atoms with Gasteiger partial charge in [-0.2, -0.15) is 5.26 Å². The smallest absolute Gasteiger partial charge is 0.239 e. The monoisotopic (exact) mass is 404 g/mol. The fourth-order valence-electron chi connectivity index (χ4n) is 3.48. The van der Waals surface area contributed by atoms with Crippen LogP contribution in [-0.2, 0) is 17.9 Å². The molecule has 3 aromatic rings. The second kappa shape index (κ2) is 9.47. The lowest BCUT2D eigenvalue weighted by Gasteiger charge is -2.26. The second-order valence-corrected chi connectivity index (χ2v) is 7.74. The van der Waals surface area contributed by atoms with Gasteiger partial charge in [-0.05, 0) is 51.0 Å². The molecule has 1 N–H and O–H groups in total. The van der Waals surface area contributed by atoms with E-state index in [1.54, 1.807) is 6.26 Å². The van der Waals surface area contributed by atoms with Gasteiger partial charge in [-0.1, -0.05) is 30.3 Å². The number of rotatable bonds is 8. The number of amides is 1. The van der Waals surface area contributed by atoms with Crippen molar-refractivity contribution in [2.45, 2.75) is 46.8 Å². The second-order valence-electron chi connectivity index (χ2n) is 7.74. The van der Waals surface area contributed by atoms with Crippen LogP contribution in [0, 0.1) is 25.2 Å². The third kappa shape index (κ3) is 4.81. The summed E-state index contributed by atoms with van der Waals surface area (Å²) in [4.78, 5) is 15.1. The van der Waals surface area contributed by atoms with Crippen molar-refractivity contribution < 1.29 is 9.21 Å². The summed E-state index contributed by atoms with van der Waals surface area (Å²) >= 11 is 0. The number of nitrogens with one attached hydrogen (secondary N) is 1. The van der Waals surface area contributed by atoms with Crippen molar-refractivity contribution in [3.05, 3.63) is 76.9 Å². The van der Waals surface area contributed by atoms with Gasteiger partial charge in [0.05, 0.1) is 24.9 Å². The Hall–Kier alpha value is -3.30. The van der Waals surface area contributed by atoms with Crippen LogP contribution >= 0.6 is 0 Å². The third-order valence-electron chi connectivity index (χ3n) is 5.40. The molecule has 30 heavy (non-hydrogen) atoms. The summed E-state index contributed by atoms with van der Waals surface area (Å²) < 4.78 is 7.40. The van der Waals surface area contributed by atoms with Crippen LogP contribution in [0.5, 0.6) is 0 Å². The first kappa shape index (κ1) is 21.4. The number of benzene rings is 1. The molecule has 1 aromatic carbocycles. The van der Waals surface area contributed by atoms with Crippen molar-refractivity contribution in [2.24, 2.45) is 0 Å². The fraction of sp³-hybridized carbons (Fsp3) is 0.333. The Morgan fingerprint density at radius 3 is 2.53 bits per heavy atom. The lowest BCUT2D eigenvalue weighted by atomic mass is 10.2. The van der Waals surface area contributed by atoms with E-state index in [0.717, 1.165) is 22.6 Å². The number of nitrogens with zero attached hydrogens (tertiary/aromatic N) is 3. The Balaban J connectivity index is 1.81. The molecule has 0 aliphatic carbocycles. The molecule has 2 aromatic heterocycles. The average Bonchev–Trinajstić information content (AvgIpc) is 3.31. The summed E-state index contributed by atoms with van der Waals surface area (Å²) in [6.45, 7) is 9.37. The molecule has 1 amide bonds. The molecule has 0 spiro atoms. The van der Waals surface area contributed by atoms with E-state index < -0.39 is 0 Å². The van der Waals surface area contributed by atoms with Crippen LogP contribution in [0.1, 0.15) is 42.0 Å². The number of anilines is 1. The third-order valence-corrected chi connectivity index (χ3v) is 5.40. The summed E-state index contributed by atoms with van der Waals surface area (Å²) in [5.74, 6) is 1.15. The summed E-state index contributed by atoms with van der Waals surface area (Å²) in [7, 11) is 0. The van der Waals surface area contributed by atoms with Gasteiger partial charge in [-0.3, -0.25) is 9.69 Å². The Labute approximate surface area is 177 Å². The number of carbonyl (C=O) groups excluding carboxylic acids is 1. The molecule has 6 nitrogen and oxygen atoms in total. The van der Waals surface area contributed by atoms with E-state index >= 15 is 0 Å². The van der Waals surface area contributed by atoms with Crippen LogP contribution in [0.3, 0.4) is 0 Å². The highest BCUT2D eigenvalue weighted by atomic mass is 16.3. The number of furan rings is 1. The van der Waals surface area contributed by atoms with Gasteiger partial charge in [0.1, 0.15) is 17.6 Å². The molecule has 6 heteroatoms. The van der Waals surface area contributed by atoms with E-state index in [1.165, 1.54) is 0 Å². The first-order chi connectivity index (χ1) is 14.4. The Bertz CT molecular complexity index is 1030. The fourth-order valence-corrected chi connectivity index (χ4v) is 3.48. The SMILES string of the molecule is Cc1c(C#N)c(NC(=O)CN(Cc2ccccc2)C(C)C)n(Cc2ccco2)c1C. The molecule has 0 fully saturated rings. The maximum absolute atomic E-state index is 13.0. The standard InChI is InChI=1S/C24H28N4O2/c1-17(2)27(14-20-9-6-5-7-10-20)16-23(29)26-24-22(13-25)18(3)19(4)28(24)15-21-11-8-12-30-21/h5-12,17H,14-16H2,1-4H3,(H,26,29). The quantitative estimate of drug-likeness (QED) is 0.601. The van der Waals surface area contributed by atoms with Gasteiger partial charge < -0.3 is 14.3 Å². The molecule has 0 saturated heterocycles. The number of carbonyl (C=O) groups is 1. The average molecular weight is 405 g/mol. The molecule has 3 rings (SSSR count). The van der Waals surface area contributed by atoms with Crippen LogP contribution in [0.15, 0.2) is 53.1 Å². The van der Waals surface area contributed by atoms with E-state index in [-0.39, 0.29) is 18.5 Å². The molecule has 0 unspecified atom stereocenters. The Morgan fingerprint density at radius 2 is 1.93 bits per heavy atom. The molecule has 0 aliphatic rings. The van der Waals surface area contributed by atoms with Crippen molar-refractivity contribution in [1.29, 1.82) is 5.26 Å². The lowest BCUT2D eigenvalue weighted by molar-refractivity contribution is -0.117. The maximum Gasteiger partial charge on any atom is 0.239 e. The van der Waals surface area contributed by atoms with Crippen molar-refractivity contribution in [1.82, 2.24) is 9.47 Å². The van der Waals surface area contributed by atoms with Crippen molar-refractivity contribution in [2.75, 3.05) is 11.9 Å². The summed E-state index contributed by atoms with van der Waals surface area (Å²) in [6, 6.07) is 16.3. The molecular formula is C24H28N4O2. The van der Waals surface area contributed by atoms with Crippen LogP contribution in [0.25, 0.3) is 0 Å². The van der Waals surface area contributed by atoms with Crippen LogP contribution in [0.2, 0.25) is 0 Å². The van der Waals surface area contributed by atoms with Crippen molar-refractivity contribution >= 4 is 11.7 Å². The van der Waals surface area contributed by atoms with E-state index in [9.17, 15) is 10.1 Å². The van der Waals surface area contributed by atoms with E-state index in [4.69, 9.17) is 4.42 Å². The zero-order valence-corrected chi connectivity index (χ0v) is 18.0. The van der Waals surface area contributed by atoms with Gasteiger partial charge in [0.15, 0.2) is 0 Å². The Kier molecular flexibility index (Phi) is 6.76. The largest absolute Gasteiger partial charge is 0.467 e. The zero-order valence-electron chi connectivity index (χ0n) is 18.0. The van der Waals surface area contributed by atoms with Gasteiger partial charge >= 0.3 is 0 Å². The molecule has 0 radical (unpaired) electrons. The van der Waals surface area contributed by atoms with Crippen LogP contribution in [0.4, 0.5) is 5.82 Å². The minimum atomic E-state index is -0.144. The maximum atomic E-state index is 13.0. The van der Waals surface area contributed by atoms with Gasteiger partial charge in [0.25, 0.3) is 0 Å². The summed E-state index contributed by atoms with van der Waals surface area (Å²) in [6.07, 6.45) is 1.62. The minimum absolute atomic E-state index is 0.144. The van der Waals surface area contributed by atoms with Gasteiger partial charge in [-0.25, -0.2) is 0 Å². The van der Waals surface area contributed by atoms with Gasteiger partial charge in [0, 0.05) is 18.3 Å². The van der Waals surface area contributed by atoms with Crippen molar-refractivity contribution in [3.63, 3.8) is 0 Å². The molecule has 0 aliphatic heterocycles. The zero-order chi connectivity index (χ0) is 21.7. The number of nitriles is 1. The van der Waals surface area contributed by atoms with E-state index in [2.05, 4.69) is 42.3 Å². The molecule has 0 atom stereocenters. The summed E-state index contributed by atoms with van der Waals surface area (Å²) in [5, 5.41) is 12.7. The highest BCUT2D eigenvalue weighted by molar-refractivity contribution is 5.93. The summed E-state index contributed by atoms with van der Waals surface area (Å²) in [5.41, 5.74) is 3.45. The van der Waals surface area contributed by atoms with Crippen molar-refractivity contribution in [3.8, 4) is 6.07 Å². The molecule has 156 valence electrons. The molecule has 0 bridgehead atoms. The number of aromatic nitrogens is 1. The topological polar surface area (TPSA) is 74.2 Å². The highest BCUT2D eigenvalue weighted by Crippen LogP contribution is 2.27. The van der Waals surface area contributed by atoms with E-state index in [1.807, 2.05) is 48.7 Å². The molecule has 2 heterocycles. The Morgan fingerprint density at radius 1 is 1.20 bits per heavy atom. The first-order valence-corrected chi connectivity index (χ1v) is 10.1. The first-order valence-electron chi connectivity index (χ1n) is 10.1. The predicted molar refractivity (Wildman–Crippen MR) is 117 cm³/mol. The number of hydrogen-bond donors (Lipinski definition) is 1. The number of hydrogen-bond acceptors (Lipinski definition) is 4. The van der Waals surface area contributed by atoms with Crippen LogP contribution in [-0.4, -0.2) is 28.0 Å². The molecule has 0 saturated carbocycles. The highest BCUT2D eigenvalue weighted by Gasteiger charge is 2.22. The van der Waals surface area contributed by atoms with Gasteiger partial charge in [-0.15, -0.1) is 0 Å². The van der Waals surface area contributed by atoms with Gasteiger partial charge in [0.2, 0.25) is 5.91 Å². The van der Waals surface area contributed by atoms with Crippen LogP contribution < -0.4 is 5.32 Å². The lowest BCUT2D eigenvalue weighted by Crippen LogP contribution is -2.38. The minimum Gasteiger partial charge on any atom is -0.467 e. The molecular weight excluding hydrogens is 376 g/mol. The normalized spacial score (nSPS) is 11.1. The van der Waals surface area contributed by atoms with E-state index in [0.29, 0.717) is 24.5 Å². The predicted octanol–water partition coefficient (Wildman–Crippen LogP) is 4.47.